The standard InChI is InChI=1S/C19H24N4O2/c1-13(2)15-4-6-16(7-5-15)22-18-12-17(20-14(3)21-18)19(24)23-8-10-25-11-9-23/h4-7,12-13H,8-11H2,1-3H3,(H,20,21,22). The third kappa shape index (κ3) is 4.33. The van der Waals surface area contributed by atoms with Gasteiger partial charge in [0, 0.05) is 24.8 Å². The topological polar surface area (TPSA) is 67.4 Å². The summed E-state index contributed by atoms with van der Waals surface area (Å²) in [7, 11) is 0. The van der Waals surface area contributed by atoms with Crippen LogP contribution in [0.5, 0.6) is 0 Å². The van der Waals surface area contributed by atoms with Crippen molar-refractivity contribution in [3.05, 3.63) is 47.4 Å². The quantitative estimate of drug-likeness (QED) is 0.926. The summed E-state index contributed by atoms with van der Waals surface area (Å²) in [6.07, 6.45) is 0. The number of benzene rings is 1. The van der Waals surface area contributed by atoms with E-state index in [-0.39, 0.29) is 5.91 Å². The van der Waals surface area contributed by atoms with Crippen molar-refractivity contribution in [1.29, 1.82) is 0 Å². The number of carbonyl (C=O) groups is 1. The molecule has 0 spiro atoms. The van der Waals surface area contributed by atoms with E-state index in [2.05, 4.69) is 41.3 Å². The number of aromatic nitrogens is 2. The van der Waals surface area contributed by atoms with E-state index >= 15 is 0 Å². The molecule has 25 heavy (non-hydrogen) atoms. The summed E-state index contributed by atoms with van der Waals surface area (Å²) in [4.78, 5) is 23.1. The van der Waals surface area contributed by atoms with Crippen molar-refractivity contribution < 1.29 is 9.53 Å². The predicted octanol–water partition coefficient (Wildman–Crippen LogP) is 3.12. The summed E-state index contributed by atoms with van der Waals surface area (Å²) in [5, 5.41) is 3.26. The minimum atomic E-state index is -0.0768. The Morgan fingerprint density at radius 3 is 2.48 bits per heavy atom. The molecule has 1 N–H and O–H groups in total. The fourth-order valence-corrected chi connectivity index (χ4v) is 2.77. The van der Waals surface area contributed by atoms with E-state index in [0.717, 1.165) is 5.69 Å². The molecule has 1 fully saturated rings. The Balaban J connectivity index is 1.77. The van der Waals surface area contributed by atoms with Gasteiger partial charge < -0.3 is 15.0 Å². The van der Waals surface area contributed by atoms with Gasteiger partial charge in [0.25, 0.3) is 5.91 Å². The van der Waals surface area contributed by atoms with Crippen LogP contribution < -0.4 is 5.32 Å². The second kappa shape index (κ2) is 7.61. The first kappa shape index (κ1) is 17.4. The Morgan fingerprint density at radius 1 is 1.16 bits per heavy atom. The lowest BCUT2D eigenvalue weighted by molar-refractivity contribution is 0.0299. The molecule has 6 nitrogen and oxygen atoms in total. The lowest BCUT2D eigenvalue weighted by Gasteiger charge is -2.26. The molecule has 1 amide bonds. The third-order valence-electron chi connectivity index (χ3n) is 4.21. The summed E-state index contributed by atoms with van der Waals surface area (Å²) < 4.78 is 5.30. The van der Waals surface area contributed by atoms with Gasteiger partial charge in [0.2, 0.25) is 0 Å². The number of hydrogen-bond acceptors (Lipinski definition) is 5. The number of morpholine rings is 1. The molecule has 0 bridgehead atoms. The molecule has 3 rings (SSSR count). The first-order valence-electron chi connectivity index (χ1n) is 8.62. The number of aryl methyl sites for hydroxylation is 1. The van der Waals surface area contributed by atoms with E-state index in [0.29, 0.717) is 49.6 Å². The second-order valence-corrected chi connectivity index (χ2v) is 6.49. The SMILES string of the molecule is Cc1nc(Nc2ccc(C(C)C)cc2)cc(C(=O)N2CCOCC2)n1. The minimum Gasteiger partial charge on any atom is -0.378 e. The number of nitrogens with zero attached hydrogens (tertiary/aromatic N) is 3. The first-order valence-corrected chi connectivity index (χ1v) is 8.62. The summed E-state index contributed by atoms with van der Waals surface area (Å²) in [5.41, 5.74) is 2.63. The number of nitrogens with one attached hydrogen (secondary N) is 1. The fraction of sp³-hybridized carbons (Fsp3) is 0.421. The van der Waals surface area contributed by atoms with Crippen LogP contribution >= 0.6 is 0 Å². The molecule has 2 aromatic rings. The zero-order valence-corrected chi connectivity index (χ0v) is 15.0. The molecule has 132 valence electrons. The fourth-order valence-electron chi connectivity index (χ4n) is 2.77. The highest BCUT2D eigenvalue weighted by Gasteiger charge is 2.20. The Hall–Kier alpha value is -2.47. The third-order valence-corrected chi connectivity index (χ3v) is 4.21. The van der Waals surface area contributed by atoms with Crippen LogP contribution in [0.2, 0.25) is 0 Å². The Bertz CT molecular complexity index is 738. The molecule has 6 heteroatoms. The molecule has 1 saturated heterocycles. The lowest BCUT2D eigenvalue weighted by atomic mass is 10.0. The van der Waals surface area contributed by atoms with E-state index in [1.165, 1.54) is 5.56 Å². The van der Waals surface area contributed by atoms with E-state index in [1.54, 1.807) is 17.9 Å². The van der Waals surface area contributed by atoms with Gasteiger partial charge in [-0.15, -0.1) is 0 Å². The van der Waals surface area contributed by atoms with Gasteiger partial charge in [0.15, 0.2) is 0 Å². The zero-order chi connectivity index (χ0) is 17.8. The predicted molar refractivity (Wildman–Crippen MR) is 97.3 cm³/mol. The molecule has 0 unspecified atom stereocenters. The molecule has 0 aliphatic carbocycles. The van der Waals surface area contributed by atoms with Crippen LogP contribution in [-0.4, -0.2) is 47.1 Å². The summed E-state index contributed by atoms with van der Waals surface area (Å²) in [5.74, 6) is 1.61. The van der Waals surface area contributed by atoms with Crippen molar-refractivity contribution in [2.24, 2.45) is 0 Å². The molecule has 1 aliphatic rings. The normalized spacial score (nSPS) is 14.6. The van der Waals surface area contributed by atoms with Crippen molar-refractivity contribution in [3.63, 3.8) is 0 Å². The molecule has 1 aromatic heterocycles. The van der Waals surface area contributed by atoms with E-state index in [4.69, 9.17) is 4.74 Å². The molecule has 0 saturated carbocycles. The highest BCUT2D eigenvalue weighted by atomic mass is 16.5. The second-order valence-electron chi connectivity index (χ2n) is 6.49. The summed E-state index contributed by atoms with van der Waals surface area (Å²) in [6.45, 7) is 8.47. The van der Waals surface area contributed by atoms with Gasteiger partial charge in [-0.2, -0.15) is 0 Å². The van der Waals surface area contributed by atoms with Crippen molar-refractivity contribution >= 4 is 17.4 Å². The Labute approximate surface area is 148 Å². The van der Waals surface area contributed by atoms with Gasteiger partial charge in [-0.25, -0.2) is 9.97 Å². The van der Waals surface area contributed by atoms with E-state index < -0.39 is 0 Å². The van der Waals surface area contributed by atoms with Crippen LogP contribution in [0.1, 0.15) is 41.6 Å². The van der Waals surface area contributed by atoms with Gasteiger partial charge in [-0.05, 0) is 30.5 Å². The number of amides is 1. The number of ether oxygens (including phenoxy) is 1. The maximum atomic E-state index is 12.6. The van der Waals surface area contributed by atoms with Gasteiger partial charge in [0.05, 0.1) is 13.2 Å². The zero-order valence-electron chi connectivity index (χ0n) is 15.0. The van der Waals surface area contributed by atoms with Crippen LogP contribution in [0.25, 0.3) is 0 Å². The molecular formula is C19H24N4O2. The van der Waals surface area contributed by atoms with Crippen LogP contribution in [0, 0.1) is 6.92 Å². The van der Waals surface area contributed by atoms with Crippen molar-refractivity contribution in [1.82, 2.24) is 14.9 Å². The minimum absolute atomic E-state index is 0.0768. The maximum absolute atomic E-state index is 12.6. The Kier molecular flexibility index (Phi) is 5.28. The Morgan fingerprint density at radius 2 is 1.84 bits per heavy atom. The maximum Gasteiger partial charge on any atom is 0.272 e. The molecule has 0 atom stereocenters. The van der Waals surface area contributed by atoms with Crippen LogP contribution in [-0.2, 0) is 4.74 Å². The number of rotatable bonds is 4. The molecule has 2 heterocycles. The number of anilines is 2. The van der Waals surface area contributed by atoms with Gasteiger partial charge in [0.1, 0.15) is 17.3 Å². The molecular weight excluding hydrogens is 316 g/mol. The lowest BCUT2D eigenvalue weighted by Crippen LogP contribution is -2.41. The van der Waals surface area contributed by atoms with Crippen LogP contribution in [0.4, 0.5) is 11.5 Å². The average Bonchev–Trinajstić information content (AvgIpc) is 2.62. The van der Waals surface area contributed by atoms with Crippen LogP contribution in [0.3, 0.4) is 0 Å². The van der Waals surface area contributed by atoms with Crippen molar-refractivity contribution in [2.75, 3.05) is 31.6 Å². The average molecular weight is 340 g/mol. The highest BCUT2D eigenvalue weighted by molar-refractivity contribution is 5.93. The molecule has 0 radical (unpaired) electrons. The summed E-state index contributed by atoms with van der Waals surface area (Å²) >= 11 is 0. The van der Waals surface area contributed by atoms with E-state index in [9.17, 15) is 4.79 Å². The van der Waals surface area contributed by atoms with Gasteiger partial charge in [-0.3, -0.25) is 4.79 Å². The van der Waals surface area contributed by atoms with Crippen molar-refractivity contribution in [2.45, 2.75) is 26.7 Å². The van der Waals surface area contributed by atoms with Crippen molar-refractivity contribution in [3.8, 4) is 0 Å². The molecule has 1 aromatic carbocycles. The summed E-state index contributed by atoms with van der Waals surface area (Å²) in [6, 6.07) is 9.95. The highest BCUT2D eigenvalue weighted by Crippen LogP contribution is 2.20. The monoisotopic (exact) mass is 340 g/mol. The van der Waals surface area contributed by atoms with E-state index in [1.807, 2.05) is 12.1 Å². The van der Waals surface area contributed by atoms with Gasteiger partial charge in [-0.1, -0.05) is 26.0 Å². The smallest absolute Gasteiger partial charge is 0.272 e. The van der Waals surface area contributed by atoms with Crippen LogP contribution in [0.15, 0.2) is 30.3 Å². The first-order chi connectivity index (χ1) is 12.0. The largest absolute Gasteiger partial charge is 0.378 e. The molecule has 1 aliphatic heterocycles. The number of carbonyl (C=O) groups excluding carboxylic acids is 1. The van der Waals surface area contributed by atoms with Gasteiger partial charge >= 0.3 is 0 Å². The number of hydrogen-bond donors (Lipinski definition) is 1.